The van der Waals surface area contributed by atoms with Crippen LogP contribution in [0, 0.1) is 5.92 Å². The zero-order valence-corrected chi connectivity index (χ0v) is 9.80. The molecule has 17 heavy (non-hydrogen) atoms. The van der Waals surface area contributed by atoms with E-state index in [-0.39, 0.29) is 12.0 Å². The molecule has 0 atom stereocenters. The average molecular weight is 234 g/mol. The van der Waals surface area contributed by atoms with E-state index in [1.54, 1.807) is 24.5 Å². The van der Waals surface area contributed by atoms with Crippen LogP contribution in [-0.2, 0) is 0 Å². The van der Waals surface area contributed by atoms with Gasteiger partial charge in [0.25, 0.3) is 5.91 Å². The molecule has 0 radical (unpaired) electrons. The molecule has 1 aromatic rings. The van der Waals surface area contributed by atoms with Crippen molar-refractivity contribution in [2.75, 3.05) is 6.54 Å². The van der Waals surface area contributed by atoms with Crippen molar-refractivity contribution in [1.82, 2.24) is 10.3 Å². The first-order valence-corrected chi connectivity index (χ1v) is 6.12. The van der Waals surface area contributed by atoms with Crippen molar-refractivity contribution >= 4 is 5.91 Å². The minimum Gasteiger partial charge on any atom is -0.393 e. The molecule has 0 unspecified atom stereocenters. The van der Waals surface area contributed by atoms with Gasteiger partial charge < -0.3 is 10.4 Å². The van der Waals surface area contributed by atoms with E-state index in [4.69, 9.17) is 0 Å². The minimum absolute atomic E-state index is 0.0430. The van der Waals surface area contributed by atoms with Gasteiger partial charge in [0.1, 0.15) is 0 Å². The molecule has 92 valence electrons. The Bertz CT molecular complexity index is 359. The third-order valence-corrected chi connectivity index (χ3v) is 3.31. The lowest BCUT2D eigenvalue weighted by atomic mass is 9.87. The summed E-state index contributed by atoms with van der Waals surface area (Å²) in [7, 11) is 0. The maximum Gasteiger partial charge on any atom is 0.251 e. The first kappa shape index (κ1) is 12.0. The molecule has 4 nitrogen and oxygen atoms in total. The highest BCUT2D eigenvalue weighted by atomic mass is 16.3. The number of carbonyl (C=O) groups is 1. The van der Waals surface area contributed by atoms with Gasteiger partial charge in [0.05, 0.1) is 6.10 Å². The third-order valence-electron chi connectivity index (χ3n) is 3.31. The molecule has 0 saturated heterocycles. The van der Waals surface area contributed by atoms with Gasteiger partial charge in [-0.3, -0.25) is 9.78 Å². The Kier molecular flexibility index (Phi) is 4.09. The summed E-state index contributed by atoms with van der Waals surface area (Å²) in [4.78, 5) is 15.6. The summed E-state index contributed by atoms with van der Waals surface area (Å²) >= 11 is 0. The number of aliphatic hydroxyl groups excluding tert-OH is 1. The standard InChI is InChI=1S/C13H18N2O2/c16-12-3-1-10(2-4-12)9-15-13(17)11-5-7-14-8-6-11/h5-8,10,12,16H,1-4,9H2,(H,15,17). The normalized spacial score (nSPS) is 24.3. The van der Waals surface area contributed by atoms with Crippen LogP contribution in [0.4, 0.5) is 0 Å². The molecular weight excluding hydrogens is 216 g/mol. The Hall–Kier alpha value is -1.42. The number of aromatic nitrogens is 1. The van der Waals surface area contributed by atoms with Crippen LogP contribution in [0.2, 0.25) is 0 Å². The summed E-state index contributed by atoms with van der Waals surface area (Å²) in [5, 5.41) is 12.3. The molecule has 1 saturated carbocycles. The lowest BCUT2D eigenvalue weighted by Crippen LogP contribution is -2.32. The number of nitrogens with zero attached hydrogens (tertiary/aromatic N) is 1. The monoisotopic (exact) mass is 234 g/mol. The smallest absolute Gasteiger partial charge is 0.251 e. The molecule has 0 aliphatic heterocycles. The quantitative estimate of drug-likeness (QED) is 0.830. The van der Waals surface area contributed by atoms with Gasteiger partial charge in [0.2, 0.25) is 0 Å². The number of pyridine rings is 1. The predicted octanol–water partition coefficient (Wildman–Crippen LogP) is 1.36. The number of carbonyl (C=O) groups excluding carboxylic acids is 1. The minimum atomic E-state index is -0.137. The Labute approximate surface area is 101 Å². The van der Waals surface area contributed by atoms with Crippen molar-refractivity contribution in [3.8, 4) is 0 Å². The van der Waals surface area contributed by atoms with Gasteiger partial charge in [-0.1, -0.05) is 0 Å². The number of amides is 1. The van der Waals surface area contributed by atoms with E-state index in [2.05, 4.69) is 10.3 Å². The van der Waals surface area contributed by atoms with Gasteiger partial charge in [-0.05, 0) is 43.7 Å². The van der Waals surface area contributed by atoms with Crippen LogP contribution in [0.15, 0.2) is 24.5 Å². The Morgan fingerprint density at radius 3 is 2.59 bits per heavy atom. The van der Waals surface area contributed by atoms with Crippen molar-refractivity contribution in [2.24, 2.45) is 5.92 Å². The number of hydrogen-bond donors (Lipinski definition) is 2. The molecule has 1 fully saturated rings. The second-order valence-corrected chi connectivity index (χ2v) is 4.62. The molecule has 1 aliphatic carbocycles. The van der Waals surface area contributed by atoms with Crippen molar-refractivity contribution < 1.29 is 9.90 Å². The molecule has 0 spiro atoms. The van der Waals surface area contributed by atoms with Crippen molar-refractivity contribution in [1.29, 1.82) is 0 Å². The first-order chi connectivity index (χ1) is 8.25. The van der Waals surface area contributed by atoms with E-state index in [1.165, 1.54) is 0 Å². The highest BCUT2D eigenvalue weighted by Crippen LogP contribution is 2.23. The van der Waals surface area contributed by atoms with Gasteiger partial charge in [0.15, 0.2) is 0 Å². The van der Waals surface area contributed by atoms with Gasteiger partial charge >= 0.3 is 0 Å². The largest absolute Gasteiger partial charge is 0.393 e. The molecule has 1 aliphatic rings. The average Bonchev–Trinajstić information content (AvgIpc) is 2.39. The zero-order chi connectivity index (χ0) is 12.1. The first-order valence-electron chi connectivity index (χ1n) is 6.12. The van der Waals surface area contributed by atoms with Crippen LogP contribution >= 0.6 is 0 Å². The molecule has 2 rings (SSSR count). The van der Waals surface area contributed by atoms with E-state index in [0.29, 0.717) is 18.0 Å². The summed E-state index contributed by atoms with van der Waals surface area (Å²) in [6.07, 6.45) is 6.81. The fourth-order valence-corrected chi connectivity index (χ4v) is 2.19. The van der Waals surface area contributed by atoms with E-state index in [9.17, 15) is 9.90 Å². The topological polar surface area (TPSA) is 62.2 Å². The lowest BCUT2D eigenvalue weighted by molar-refractivity contribution is 0.0910. The Morgan fingerprint density at radius 1 is 1.29 bits per heavy atom. The van der Waals surface area contributed by atoms with E-state index < -0.39 is 0 Å². The maximum atomic E-state index is 11.8. The van der Waals surface area contributed by atoms with Gasteiger partial charge in [-0.15, -0.1) is 0 Å². The molecule has 1 aromatic heterocycles. The molecule has 2 N–H and O–H groups in total. The van der Waals surface area contributed by atoms with Gasteiger partial charge in [-0.2, -0.15) is 0 Å². The van der Waals surface area contributed by atoms with Crippen molar-refractivity contribution in [2.45, 2.75) is 31.8 Å². The van der Waals surface area contributed by atoms with E-state index >= 15 is 0 Å². The molecule has 4 heteroatoms. The van der Waals surface area contributed by atoms with Crippen LogP contribution in [0.25, 0.3) is 0 Å². The van der Waals surface area contributed by atoms with Crippen LogP contribution in [0.3, 0.4) is 0 Å². The molecule has 0 aromatic carbocycles. The van der Waals surface area contributed by atoms with Gasteiger partial charge in [0, 0.05) is 24.5 Å². The highest BCUT2D eigenvalue weighted by Gasteiger charge is 2.19. The fourth-order valence-electron chi connectivity index (χ4n) is 2.19. The number of nitrogens with one attached hydrogen (secondary N) is 1. The summed E-state index contributed by atoms with van der Waals surface area (Å²) in [5.41, 5.74) is 0.649. The SMILES string of the molecule is O=C(NCC1CCC(O)CC1)c1ccncc1. The molecular formula is C13H18N2O2. The summed E-state index contributed by atoms with van der Waals surface area (Å²) in [6, 6.07) is 3.42. The van der Waals surface area contributed by atoms with Crippen LogP contribution in [0.5, 0.6) is 0 Å². The predicted molar refractivity (Wildman–Crippen MR) is 64.5 cm³/mol. The van der Waals surface area contributed by atoms with Gasteiger partial charge in [-0.25, -0.2) is 0 Å². The molecule has 0 bridgehead atoms. The number of hydrogen-bond acceptors (Lipinski definition) is 3. The third kappa shape index (κ3) is 3.53. The highest BCUT2D eigenvalue weighted by molar-refractivity contribution is 5.93. The maximum absolute atomic E-state index is 11.8. The van der Waals surface area contributed by atoms with Crippen LogP contribution in [-0.4, -0.2) is 28.6 Å². The van der Waals surface area contributed by atoms with Crippen molar-refractivity contribution in [3.63, 3.8) is 0 Å². The second-order valence-electron chi connectivity index (χ2n) is 4.62. The number of aliphatic hydroxyl groups is 1. The van der Waals surface area contributed by atoms with Crippen LogP contribution < -0.4 is 5.32 Å². The lowest BCUT2D eigenvalue weighted by Gasteiger charge is -2.25. The zero-order valence-electron chi connectivity index (χ0n) is 9.80. The fraction of sp³-hybridized carbons (Fsp3) is 0.538. The Morgan fingerprint density at radius 2 is 1.94 bits per heavy atom. The molecule has 1 amide bonds. The van der Waals surface area contributed by atoms with Crippen LogP contribution in [0.1, 0.15) is 36.0 Å². The van der Waals surface area contributed by atoms with E-state index in [0.717, 1.165) is 25.7 Å². The second kappa shape index (κ2) is 5.77. The Balaban J connectivity index is 1.77. The number of rotatable bonds is 3. The summed E-state index contributed by atoms with van der Waals surface area (Å²) in [6.45, 7) is 0.702. The van der Waals surface area contributed by atoms with Crippen molar-refractivity contribution in [3.05, 3.63) is 30.1 Å². The summed E-state index contributed by atoms with van der Waals surface area (Å²) in [5.74, 6) is 0.461. The summed E-state index contributed by atoms with van der Waals surface area (Å²) < 4.78 is 0. The van der Waals surface area contributed by atoms with E-state index in [1.807, 2.05) is 0 Å². The molecule has 1 heterocycles.